The van der Waals surface area contributed by atoms with Gasteiger partial charge in [0.15, 0.2) is 0 Å². The fraction of sp³-hybridized carbons (Fsp3) is 0.400. The van der Waals surface area contributed by atoms with E-state index in [0.717, 1.165) is 0 Å². The van der Waals surface area contributed by atoms with Crippen LogP contribution in [0.15, 0.2) is 12.1 Å². The average Bonchev–Trinajstić information content (AvgIpc) is 2.77. The predicted molar refractivity (Wildman–Crippen MR) is 65.4 cm³/mol. The van der Waals surface area contributed by atoms with Crippen LogP contribution >= 0.6 is 11.6 Å². The zero-order valence-electron chi connectivity index (χ0n) is 9.38. The molecule has 0 spiro atoms. The fourth-order valence-corrected chi connectivity index (χ4v) is 2.12. The number of nitro groups is 1. The normalized spacial score (nSPS) is 18.9. The first-order valence-corrected chi connectivity index (χ1v) is 5.72. The van der Waals surface area contributed by atoms with Gasteiger partial charge in [-0.3, -0.25) is 14.9 Å². The predicted octanol–water partition coefficient (Wildman–Crippen LogP) is 0.955. The van der Waals surface area contributed by atoms with Crippen molar-refractivity contribution in [2.24, 2.45) is 11.7 Å². The average molecular weight is 271 g/mol. The quantitative estimate of drug-likeness (QED) is 0.500. The van der Waals surface area contributed by atoms with Gasteiger partial charge in [-0.1, -0.05) is 11.6 Å². The third-order valence-electron chi connectivity index (χ3n) is 2.91. The number of rotatable bonds is 3. The lowest BCUT2D eigenvalue weighted by Gasteiger charge is -2.16. The van der Waals surface area contributed by atoms with Crippen molar-refractivity contribution in [3.63, 3.8) is 0 Å². The first-order chi connectivity index (χ1) is 8.49. The molecule has 2 rings (SSSR count). The number of carbonyl (C=O) groups is 1. The van der Waals surface area contributed by atoms with Crippen LogP contribution in [0, 0.1) is 16.0 Å². The molecule has 0 saturated carbocycles. The third-order valence-corrected chi connectivity index (χ3v) is 3.12. The largest absolute Gasteiger partial charge is 0.369 e. The first-order valence-electron chi connectivity index (χ1n) is 5.34. The second kappa shape index (κ2) is 4.77. The van der Waals surface area contributed by atoms with Crippen LogP contribution in [-0.2, 0) is 4.79 Å². The molecule has 8 heteroatoms. The molecule has 0 aliphatic carbocycles. The van der Waals surface area contributed by atoms with E-state index in [1.165, 1.54) is 12.1 Å². The summed E-state index contributed by atoms with van der Waals surface area (Å²) in [6, 6.07) is 2.67. The molecule has 1 aliphatic rings. The van der Waals surface area contributed by atoms with Gasteiger partial charge in [0.2, 0.25) is 11.7 Å². The van der Waals surface area contributed by atoms with Crippen LogP contribution in [0.25, 0.3) is 0 Å². The number of nitrogens with two attached hydrogens (primary N) is 1. The number of halogens is 1. The van der Waals surface area contributed by atoms with Crippen LogP contribution in [0.2, 0.25) is 5.15 Å². The molecule has 1 atom stereocenters. The molecule has 0 radical (unpaired) electrons. The molecular formula is C10H11ClN4O3. The van der Waals surface area contributed by atoms with E-state index in [1.54, 1.807) is 4.90 Å². The van der Waals surface area contributed by atoms with Crippen molar-refractivity contribution in [2.75, 3.05) is 18.0 Å². The number of hydrogen-bond donors (Lipinski definition) is 1. The minimum Gasteiger partial charge on any atom is -0.369 e. The molecule has 0 aromatic carbocycles. The number of primary amides is 1. The maximum absolute atomic E-state index is 11.1. The molecular weight excluding hydrogens is 260 g/mol. The highest BCUT2D eigenvalue weighted by molar-refractivity contribution is 6.29. The smallest absolute Gasteiger partial charge is 0.311 e. The number of hydrogen-bond acceptors (Lipinski definition) is 5. The van der Waals surface area contributed by atoms with Gasteiger partial charge in [-0.15, -0.1) is 0 Å². The maximum Gasteiger partial charge on any atom is 0.311 e. The topological polar surface area (TPSA) is 102 Å². The highest BCUT2D eigenvalue weighted by Crippen LogP contribution is 2.31. The van der Waals surface area contributed by atoms with E-state index >= 15 is 0 Å². The van der Waals surface area contributed by atoms with E-state index < -0.39 is 10.8 Å². The summed E-state index contributed by atoms with van der Waals surface area (Å²) in [7, 11) is 0. The Labute approximate surface area is 108 Å². The summed E-state index contributed by atoms with van der Waals surface area (Å²) < 4.78 is 0. The summed E-state index contributed by atoms with van der Waals surface area (Å²) in [6.45, 7) is 0.839. The van der Waals surface area contributed by atoms with Gasteiger partial charge < -0.3 is 10.6 Å². The zero-order valence-corrected chi connectivity index (χ0v) is 10.1. The lowest BCUT2D eigenvalue weighted by atomic mass is 10.1. The number of aromatic nitrogens is 1. The van der Waals surface area contributed by atoms with Gasteiger partial charge in [-0.05, 0) is 12.5 Å². The van der Waals surface area contributed by atoms with Crippen LogP contribution in [0.1, 0.15) is 6.42 Å². The number of amides is 1. The lowest BCUT2D eigenvalue weighted by molar-refractivity contribution is -0.384. The molecule has 1 aromatic heterocycles. The van der Waals surface area contributed by atoms with Crippen LogP contribution in [-0.4, -0.2) is 28.9 Å². The highest BCUT2D eigenvalue weighted by atomic mass is 35.5. The molecule has 96 valence electrons. The van der Waals surface area contributed by atoms with Gasteiger partial charge in [0.1, 0.15) is 5.15 Å². The molecule has 2 N–H and O–H groups in total. The summed E-state index contributed by atoms with van der Waals surface area (Å²) in [5.74, 6) is -0.510. The molecule has 1 aromatic rings. The van der Waals surface area contributed by atoms with Crippen LogP contribution in [0.4, 0.5) is 11.5 Å². The summed E-state index contributed by atoms with van der Waals surface area (Å²) in [4.78, 5) is 27.1. The van der Waals surface area contributed by atoms with E-state index in [1.807, 2.05) is 0 Å². The van der Waals surface area contributed by atoms with Gasteiger partial charge in [-0.2, -0.15) is 0 Å². The Kier molecular flexibility index (Phi) is 3.33. The maximum atomic E-state index is 11.1. The number of carbonyl (C=O) groups excluding carboxylic acids is 1. The minimum absolute atomic E-state index is 0.121. The Morgan fingerprint density at radius 3 is 2.89 bits per heavy atom. The van der Waals surface area contributed by atoms with Gasteiger partial charge in [0.25, 0.3) is 0 Å². The van der Waals surface area contributed by atoms with E-state index in [-0.39, 0.29) is 22.6 Å². The van der Waals surface area contributed by atoms with E-state index in [4.69, 9.17) is 17.3 Å². The Morgan fingerprint density at radius 1 is 1.61 bits per heavy atom. The summed E-state index contributed by atoms with van der Waals surface area (Å²) in [5.41, 5.74) is 5.10. The highest BCUT2D eigenvalue weighted by Gasteiger charge is 2.31. The van der Waals surface area contributed by atoms with Gasteiger partial charge >= 0.3 is 5.69 Å². The Hall–Kier alpha value is -1.89. The number of anilines is 1. The van der Waals surface area contributed by atoms with E-state index in [9.17, 15) is 14.9 Å². The van der Waals surface area contributed by atoms with Gasteiger partial charge in [0, 0.05) is 19.2 Å². The van der Waals surface area contributed by atoms with Crippen molar-refractivity contribution in [1.82, 2.24) is 4.98 Å². The molecule has 1 aliphatic heterocycles. The standard InChI is InChI=1S/C10H11ClN4O3/c11-8-2-1-7(15(17)18)10(13-8)14-4-3-6(5-14)9(12)16/h1-2,6H,3-5H2,(H2,12,16). The summed E-state index contributed by atoms with van der Waals surface area (Å²) >= 11 is 5.75. The fourth-order valence-electron chi connectivity index (χ4n) is 1.98. The monoisotopic (exact) mass is 270 g/mol. The van der Waals surface area contributed by atoms with E-state index in [0.29, 0.717) is 19.5 Å². The summed E-state index contributed by atoms with van der Waals surface area (Å²) in [6.07, 6.45) is 0.570. The molecule has 1 amide bonds. The lowest BCUT2D eigenvalue weighted by Crippen LogP contribution is -2.28. The summed E-state index contributed by atoms with van der Waals surface area (Å²) in [5, 5.41) is 11.1. The van der Waals surface area contributed by atoms with Crippen LogP contribution in [0.5, 0.6) is 0 Å². The second-order valence-corrected chi connectivity index (χ2v) is 4.46. The molecule has 1 saturated heterocycles. The Bertz CT molecular complexity index is 508. The van der Waals surface area contributed by atoms with Crippen molar-refractivity contribution in [3.8, 4) is 0 Å². The SMILES string of the molecule is NC(=O)C1CCN(c2nc(Cl)ccc2[N+](=O)[O-])C1. The Balaban J connectivity index is 2.31. The molecule has 2 heterocycles. The minimum atomic E-state index is -0.518. The molecule has 18 heavy (non-hydrogen) atoms. The van der Waals surface area contributed by atoms with Crippen molar-refractivity contribution in [2.45, 2.75) is 6.42 Å². The van der Waals surface area contributed by atoms with Crippen molar-refractivity contribution in [3.05, 3.63) is 27.4 Å². The molecule has 1 unspecified atom stereocenters. The molecule has 7 nitrogen and oxygen atoms in total. The first kappa shape index (κ1) is 12.6. The third kappa shape index (κ3) is 2.35. The van der Waals surface area contributed by atoms with Crippen molar-refractivity contribution in [1.29, 1.82) is 0 Å². The van der Waals surface area contributed by atoms with Crippen molar-refractivity contribution < 1.29 is 9.72 Å². The van der Waals surface area contributed by atoms with Gasteiger partial charge in [-0.25, -0.2) is 4.98 Å². The van der Waals surface area contributed by atoms with E-state index in [2.05, 4.69) is 4.98 Å². The number of nitrogens with zero attached hydrogens (tertiary/aromatic N) is 3. The van der Waals surface area contributed by atoms with Crippen LogP contribution < -0.4 is 10.6 Å². The number of pyridine rings is 1. The van der Waals surface area contributed by atoms with Gasteiger partial charge in [0.05, 0.1) is 10.8 Å². The van der Waals surface area contributed by atoms with Crippen molar-refractivity contribution >= 4 is 29.0 Å². The van der Waals surface area contributed by atoms with Crippen LogP contribution in [0.3, 0.4) is 0 Å². The second-order valence-electron chi connectivity index (χ2n) is 4.07. The molecule has 1 fully saturated rings. The molecule has 0 bridgehead atoms. The Morgan fingerprint density at radius 2 is 2.33 bits per heavy atom. The zero-order chi connectivity index (χ0) is 13.3.